The third-order valence-electron chi connectivity index (χ3n) is 2.78. The van der Waals surface area contributed by atoms with E-state index in [0.29, 0.717) is 15.7 Å². The lowest BCUT2D eigenvalue weighted by Crippen LogP contribution is -2.33. The van der Waals surface area contributed by atoms with Gasteiger partial charge in [0.2, 0.25) is 5.95 Å². The second-order valence-electron chi connectivity index (χ2n) is 4.26. The fourth-order valence-electron chi connectivity index (χ4n) is 1.69. The predicted octanol–water partition coefficient (Wildman–Crippen LogP) is 2.06. The first-order chi connectivity index (χ1) is 9.99. The molecular formula is C14H14FN3O2S. The molecule has 0 fully saturated rings. The molecule has 110 valence electrons. The molecule has 0 bridgehead atoms. The van der Waals surface area contributed by atoms with Gasteiger partial charge < -0.3 is 10.8 Å². The van der Waals surface area contributed by atoms with Crippen molar-refractivity contribution in [3.05, 3.63) is 70.3 Å². The molecule has 0 amide bonds. The van der Waals surface area contributed by atoms with Gasteiger partial charge in [0.1, 0.15) is 5.70 Å². The van der Waals surface area contributed by atoms with E-state index in [-0.39, 0.29) is 5.70 Å². The lowest BCUT2D eigenvalue weighted by Gasteiger charge is -2.23. The Hall–Kier alpha value is -2.25. The van der Waals surface area contributed by atoms with Gasteiger partial charge in [-0.2, -0.15) is 4.39 Å². The first kappa shape index (κ1) is 15.1. The van der Waals surface area contributed by atoms with Crippen LogP contribution in [0.4, 0.5) is 4.39 Å². The Kier molecular flexibility index (Phi) is 4.66. The lowest BCUT2D eigenvalue weighted by molar-refractivity contribution is -0.132. The number of thioether (sulfide) groups is 1. The molecule has 0 aliphatic carbocycles. The zero-order valence-electron chi connectivity index (χ0n) is 11.0. The maximum Gasteiger partial charge on any atom is 0.353 e. The van der Waals surface area contributed by atoms with Gasteiger partial charge in [0.05, 0.1) is 5.70 Å². The van der Waals surface area contributed by atoms with Gasteiger partial charge in [-0.1, -0.05) is 30.3 Å². The summed E-state index contributed by atoms with van der Waals surface area (Å²) in [4.78, 5) is 11.4. The number of aliphatic carboxylic acids is 1. The van der Waals surface area contributed by atoms with Gasteiger partial charge >= 0.3 is 5.97 Å². The van der Waals surface area contributed by atoms with E-state index in [9.17, 15) is 9.18 Å². The van der Waals surface area contributed by atoms with E-state index in [0.717, 1.165) is 5.56 Å². The Morgan fingerprint density at radius 3 is 2.57 bits per heavy atom. The largest absolute Gasteiger partial charge is 0.477 e. The van der Waals surface area contributed by atoms with Crippen molar-refractivity contribution < 1.29 is 14.3 Å². The van der Waals surface area contributed by atoms with Crippen LogP contribution in [0.3, 0.4) is 0 Å². The summed E-state index contributed by atoms with van der Waals surface area (Å²) < 4.78 is 13.8. The van der Waals surface area contributed by atoms with Crippen LogP contribution >= 0.6 is 11.8 Å². The number of carbonyl (C=O) groups is 1. The number of hydrazine groups is 1. The average molecular weight is 307 g/mol. The molecule has 5 N–H and O–H groups in total. The van der Waals surface area contributed by atoms with Crippen LogP contribution < -0.4 is 11.6 Å². The highest BCUT2D eigenvalue weighted by molar-refractivity contribution is 8.02. The molecule has 0 atom stereocenters. The van der Waals surface area contributed by atoms with Crippen LogP contribution in [-0.4, -0.2) is 16.1 Å². The molecular weight excluding hydrogens is 293 g/mol. The SMILES string of the molecule is N/C(C(=O)O)=C1/C=C(SCc2ccccc2)C=C(F)N1N. The molecule has 0 spiro atoms. The van der Waals surface area contributed by atoms with Gasteiger partial charge in [-0.05, 0) is 11.6 Å². The quantitative estimate of drug-likeness (QED) is 0.448. The fourth-order valence-corrected chi connectivity index (χ4v) is 2.59. The fraction of sp³-hybridized carbons (Fsp3) is 0.0714. The number of carboxylic acids is 1. The van der Waals surface area contributed by atoms with E-state index in [1.54, 1.807) is 0 Å². The Bertz CT molecular complexity index is 641. The molecule has 1 aromatic rings. The van der Waals surface area contributed by atoms with Crippen molar-refractivity contribution in [2.24, 2.45) is 11.6 Å². The normalized spacial score (nSPS) is 17.1. The molecule has 0 radical (unpaired) electrons. The molecule has 5 nitrogen and oxygen atoms in total. The number of hydrogen-bond donors (Lipinski definition) is 3. The first-order valence-electron chi connectivity index (χ1n) is 6.02. The van der Waals surface area contributed by atoms with Crippen molar-refractivity contribution in [1.82, 2.24) is 5.01 Å². The third kappa shape index (κ3) is 3.65. The van der Waals surface area contributed by atoms with Gasteiger partial charge in [-0.15, -0.1) is 11.8 Å². The molecule has 1 aliphatic rings. The minimum Gasteiger partial charge on any atom is -0.477 e. The van der Waals surface area contributed by atoms with Crippen molar-refractivity contribution in [2.75, 3.05) is 0 Å². The number of nitrogens with two attached hydrogens (primary N) is 2. The number of nitrogens with zero attached hydrogens (tertiary/aromatic N) is 1. The van der Waals surface area contributed by atoms with Gasteiger partial charge in [-0.3, -0.25) is 5.01 Å². The molecule has 2 rings (SSSR count). The number of allylic oxidation sites excluding steroid dienone is 2. The average Bonchev–Trinajstić information content (AvgIpc) is 2.48. The molecule has 0 saturated carbocycles. The summed E-state index contributed by atoms with van der Waals surface area (Å²) in [6.07, 6.45) is 2.70. The van der Waals surface area contributed by atoms with E-state index < -0.39 is 17.6 Å². The minimum atomic E-state index is -1.35. The second-order valence-corrected chi connectivity index (χ2v) is 5.31. The monoisotopic (exact) mass is 307 g/mol. The zero-order chi connectivity index (χ0) is 15.4. The molecule has 1 aromatic carbocycles. The van der Waals surface area contributed by atoms with E-state index in [1.807, 2.05) is 30.3 Å². The van der Waals surface area contributed by atoms with Gasteiger partial charge in [0.25, 0.3) is 0 Å². The number of hydrogen-bond acceptors (Lipinski definition) is 5. The van der Waals surface area contributed by atoms with Gasteiger partial charge in [0, 0.05) is 16.7 Å². The number of rotatable bonds is 4. The summed E-state index contributed by atoms with van der Waals surface area (Å²) in [5, 5.41) is 9.51. The topological polar surface area (TPSA) is 92.6 Å². The van der Waals surface area contributed by atoms with Crippen LogP contribution in [0.25, 0.3) is 0 Å². The minimum absolute atomic E-state index is 0.0712. The smallest absolute Gasteiger partial charge is 0.353 e. The Labute approximate surface area is 125 Å². The lowest BCUT2D eigenvalue weighted by atomic mass is 10.2. The zero-order valence-corrected chi connectivity index (χ0v) is 11.8. The Balaban J connectivity index is 2.21. The highest BCUT2D eigenvalue weighted by Gasteiger charge is 2.21. The molecule has 7 heteroatoms. The summed E-state index contributed by atoms with van der Waals surface area (Å²) in [5.41, 5.74) is 5.92. The highest BCUT2D eigenvalue weighted by atomic mass is 32.2. The van der Waals surface area contributed by atoms with Crippen LogP contribution in [0.1, 0.15) is 5.56 Å². The van der Waals surface area contributed by atoms with Crippen molar-refractivity contribution >= 4 is 17.7 Å². The van der Waals surface area contributed by atoms with E-state index >= 15 is 0 Å². The summed E-state index contributed by atoms with van der Waals surface area (Å²) >= 11 is 1.37. The molecule has 0 aromatic heterocycles. The molecule has 1 heterocycles. The number of halogens is 1. The van der Waals surface area contributed by atoms with Crippen LogP contribution in [-0.2, 0) is 10.5 Å². The van der Waals surface area contributed by atoms with Crippen LogP contribution in [0, 0.1) is 0 Å². The predicted molar refractivity (Wildman–Crippen MR) is 79.9 cm³/mol. The van der Waals surface area contributed by atoms with Crippen LogP contribution in [0.2, 0.25) is 0 Å². The summed E-state index contributed by atoms with van der Waals surface area (Å²) in [6.45, 7) is 0. The maximum atomic E-state index is 13.8. The summed E-state index contributed by atoms with van der Waals surface area (Å²) in [7, 11) is 0. The number of benzene rings is 1. The van der Waals surface area contributed by atoms with Crippen LogP contribution in [0.5, 0.6) is 0 Å². The van der Waals surface area contributed by atoms with Crippen LogP contribution in [0.15, 0.2) is 64.7 Å². The molecule has 0 unspecified atom stereocenters. The van der Waals surface area contributed by atoms with E-state index in [4.69, 9.17) is 16.7 Å². The molecule has 0 saturated heterocycles. The van der Waals surface area contributed by atoms with Crippen molar-refractivity contribution in [2.45, 2.75) is 5.75 Å². The van der Waals surface area contributed by atoms with E-state index in [2.05, 4.69) is 0 Å². The highest BCUT2D eigenvalue weighted by Crippen LogP contribution is 2.31. The molecule has 1 aliphatic heterocycles. The maximum absolute atomic E-state index is 13.8. The third-order valence-corrected chi connectivity index (χ3v) is 3.83. The standard InChI is InChI=1S/C14H14FN3O2S/c15-12-7-10(21-8-9-4-2-1-3-5-9)6-11(18(12)17)13(16)14(19)20/h1-7H,8,16-17H2,(H,19,20)/b13-11-. The molecule has 21 heavy (non-hydrogen) atoms. The summed E-state index contributed by atoms with van der Waals surface area (Å²) in [6, 6.07) is 9.64. The van der Waals surface area contributed by atoms with Gasteiger partial charge in [-0.25, -0.2) is 10.6 Å². The summed E-state index contributed by atoms with van der Waals surface area (Å²) in [5.74, 6) is 3.99. The Morgan fingerprint density at radius 1 is 1.29 bits per heavy atom. The van der Waals surface area contributed by atoms with E-state index in [1.165, 1.54) is 23.9 Å². The number of carboxylic acid groups (broad SMARTS) is 1. The van der Waals surface area contributed by atoms with Crippen molar-refractivity contribution in [1.29, 1.82) is 0 Å². The second kappa shape index (κ2) is 6.47. The first-order valence-corrected chi connectivity index (χ1v) is 7.01. The van der Waals surface area contributed by atoms with Crippen molar-refractivity contribution in [3.8, 4) is 0 Å². The van der Waals surface area contributed by atoms with Gasteiger partial charge in [0.15, 0.2) is 0 Å². The Morgan fingerprint density at radius 2 is 1.95 bits per heavy atom. The van der Waals surface area contributed by atoms with Crippen molar-refractivity contribution in [3.63, 3.8) is 0 Å².